The number of hydrogen-bond donors (Lipinski definition) is 1. The van der Waals surface area contributed by atoms with Crippen LogP contribution >= 0.6 is 22.6 Å². The summed E-state index contributed by atoms with van der Waals surface area (Å²) in [6.07, 6.45) is -1.82. The molecular formula is C15H10F3IO2. The van der Waals surface area contributed by atoms with Crippen molar-refractivity contribution in [1.29, 1.82) is 0 Å². The first kappa shape index (κ1) is 14.6. The molecule has 6 heteroatoms. The van der Waals surface area contributed by atoms with Gasteiger partial charge < -0.3 is 9.84 Å². The minimum atomic E-state index is -3.35. The van der Waals surface area contributed by atoms with Crippen molar-refractivity contribution in [3.8, 4) is 11.5 Å². The van der Waals surface area contributed by atoms with Crippen molar-refractivity contribution < 1.29 is 23.0 Å². The zero-order valence-electron chi connectivity index (χ0n) is 10.8. The fourth-order valence-corrected chi connectivity index (χ4v) is 3.14. The van der Waals surface area contributed by atoms with E-state index in [0.29, 0.717) is 9.13 Å². The second kappa shape index (κ2) is 4.88. The Labute approximate surface area is 132 Å². The summed E-state index contributed by atoms with van der Waals surface area (Å²) in [4.78, 5) is 0. The smallest absolute Gasteiger partial charge is 0.306 e. The van der Waals surface area contributed by atoms with Gasteiger partial charge in [0.05, 0.1) is 5.56 Å². The average molecular weight is 406 g/mol. The number of aryl methyl sites for hydroxylation is 1. The van der Waals surface area contributed by atoms with E-state index in [-0.39, 0.29) is 22.6 Å². The van der Waals surface area contributed by atoms with Crippen molar-refractivity contribution in [2.24, 2.45) is 0 Å². The number of ether oxygens (including phenoxy) is 1. The van der Waals surface area contributed by atoms with Gasteiger partial charge in [-0.05, 0) is 59.3 Å². The summed E-state index contributed by atoms with van der Waals surface area (Å²) in [6, 6.07) is 6.99. The number of halogens is 4. The van der Waals surface area contributed by atoms with Gasteiger partial charge >= 0.3 is 5.92 Å². The van der Waals surface area contributed by atoms with Crippen molar-refractivity contribution >= 4 is 22.6 Å². The minimum absolute atomic E-state index is 0.0642. The first-order valence-electron chi connectivity index (χ1n) is 6.14. The van der Waals surface area contributed by atoms with Crippen LogP contribution in [0.4, 0.5) is 13.2 Å². The maximum Gasteiger partial charge on any atom is 0.306 e. The molecule has 0 saturated heterocycles. The van der Waals surface area contributed by atoms with Crippen LogP contribution in [0.2, 0.25) is 0 Å². The van der Waals surface area contributed by atoms with E-state index < -0.39 is 17.8 Å². The molecule has 0 heterocycles. The van der Waals surface area contributed by atoms with Crippen LogP contribution in [0.25, 0.3) is 0 Å². The number of hydrogen-bond acceptors (Lipinski definition) is 2. The van der Waals surface area contributed by atoms with Crippen LogP contribution in [0.15, 0.2) is 30.3 Å². The largest absolute Gasteiger partial charge is 0.457 e. The first-order chi connectivity index (χ1) is 9.80. The molecule has 21 heavy (non-hydrogen) atoms. The van der Waals surface area contributed by atoms with E-state index in [1.807, 2.05) is 22.6 Å². The Morgan fingerprint density at radius 3 is 2.62 bits per heavy atom. The van der Waals surface area contributed by atoms with Crippen LogP contribution in [0.3, 0.4) is 0 Å². The monoisotopic (exact) mass is 406 g/mol. The lowest BCUT2D eigenvalue weighted by Crippen LogP contribution is -2.37. The van der Waals surface area contributed by atoms with E-state index in [0.717, 1.165) is 6.07 Å². The fraction of sp³-hybridized carbons (Fsp3) is 0.200. The summed E-state index contributed by atoms with van der Waals surface area (Å²) in [5, 5.41) is 9.52. The van der Waals surface area contributed by atoms with Crippen LogP contribution in [0.5, 0.6) is 11.5 Å². The van der Waals surface area contributed by atoms with E-state index in [4.69, 9.17) is 4.74 Å². The average Bonchev–Trinajstić information content (AvgIpc) is 2.38. The molecule has 0 bridgehead atoms. The molecule has 2 aromatic carbocycles. The van der Waals surface area contributed by atoms with E-state index >= 15 is 0 Å². The Hall–Kier alpha value is -1.28. The van der Waals surface area contributed by atoms with E-state index in [1.54, 1.807) is 19.1 Å². The normalized spacial score (nSPS) is 18.9. The molecule has 1 atom stereocenters. The van der Waals surface area contributed by atoms with E-state index in [1.165, 1.54) is 12.1 Å². The zero-order valence-corrected chi connectivity index (χ0v) is 13.0. The van der Waals surface area contributed by atoms with Gasteiger partial charge in [0.2, 0.25) is 0 Å². The Balaban J connectivity index is 2.05. The molecule has 0 amide bonds. The summed E-state index contributed by atoms with van der Waals surface area (Å²) in [7, 11) is 0. The zero-order chi connectivity index (χ0) is 15.4. The Bertz CT molecular complexity index is 711. The Kier molecular flexibility index (Phi) is 3.40. The highest BCUT2D eigenvalue weighted by Crippen LogP contribution is 2.58. The van der Waals surface area contributed by atoms with Crippen molar-refractivity contribution in [2.75, 3.05) is 0 Å². The van der Waals surface area contributed by atoms with Crippen LogP contribution in [0, 0.1) is 16.3 Å². The third-order valence-electron chi connectivity index (χ3n) is 3.35. The molecule has 0 radical (unpaired) electrons. The highest BCUT2D eigenvalue weighted by molar-refractivity contribution is 14.1. The number of benzene rings is 2. The van der Waals surface area contributed by atoms with Gasteiger partial charge in [0.25, 0.3) is 0 Å². The van der Waals surface area contributed by atoms with Gasteiger partial charge in [0.15, 0.2) is 0 Å². The lowest BCUT2D eigenvalue weighted by Gasteiger charge is -2.37. The number of rotatable bonds is 2. The molecule has 0 fully saturated rings. The molecule has 110 valence electrons. The van der Waals surface area contributed by atoms with E-state index in [9.17, 15) is 18.3 Å². The summed E-state index contributed by atoms with van der Waals surface area (Å²) < 4.78 is 46.9. The lowest BCUT2D eigenvalue weighted by atomic mass is 9.80. The molecule has 1 aliphatic rings. The van der Waals surface area contributed by atoms with Gasteiger partial charge in [-0.15, -0.1) is 0 Å². The van der Waals surface area contributed by atoms with Gasteiger partial charge in [-0.3, -0.25) is 0 Å². The molecule has 1 aliphatic carbocycles. The highest BCUT2D eigenvalue weighted by Gasteiger charge is 2.56. The maximum atomic E-state index is 13.8. The molecule has 2 aromatic rings. The number of fused-ring (bicyclic) bond motifs is 1. The van der Waals surface area contributed by atoms with Gasteiger partial charge in [-0.25, -0.2) is 4.39 Å². The number of alkyl halides is 2. The Morgan fingerprint density at radius 2 is 1.95 bits per heavy atom. The van der Waals surface area contributed by atoms with Gasteiger partial charge in [-0.2, -0.15) is 8.78 Å². The van der Waals surface area contributed by atoms with Crippen molar-refractivity contribution in [1.82, 2.24) is 0 Å². The molecule has 2 nitrogen and oxygen atoms in total. The molecule has 0 aliphatic heterocycles. The quantitative estimate of drug-likeness (QED) is 0.735. The lowest BCUT2D eigenvalue weighted by molar-refractivity contribution is -0.149. The van der Waals surface area contributed by atoms with E-state index in [2.05, 4.69) is 0 Å². The van der Waals surface area contributed by atoms with Crippen LogP contribution in [-0.4, -0.2) is 5.11 Å². The molecule has 1 N–H and O–H groups in total. The first-order valence-corrected chi connectivity index (χ1v) is 7.22. The molecule has 3 rings (SSSR count). The Morgan fingerprint density at radius 1 is 1.24 bits per heavy atom. The summed E-state index contributed by atoms with van der Waals surface area (Å²) in [5.41, 5.74) is 0.469. The number of aliphatic hydroxyl groups is 1. The molecule has 0 saturated carbocycles. The molecule has 0 aromatic heterocycles. The van der Waals surface area contributed by atoms with Crippen molar-refractivity contribution in [2.45, 2.75) is 19.0 Å². The predicted octanol–water partition coefficient (Wildman–Crippen LogP) is 4.67. The standard InChI is InChI=1S/C15H10F3IO2/c1-7-4-8(16)6-9(5-7)21-11-3-2-10(19)12-13(11)15(17,18)14(12)20/h2-6,14,20H,1H3. The van der Waals surface area contributed by atoms with Crippen molar-refractivity contribution in [3.63, 3.8) is 0 Å². The summed E-state index contributed by atoms with van der Waals surface area (Å²) >= 11 is 1.88. The third kappa shape index (κ3) is 2.30. The molecule has 1 unspecified atom stereocenters. The SMILES string of the molecule is Cc1cc(F)cc(Oc2ccc(I)c3c2C(F)(F)C3O)c1. The van der Waals surface area contributed by atoms with Gasteiger partial charge in [0.1, 0.15) is 23.4 Å². The molecular weight excluding hydrogens is 396 g/mol. The second-order valence-electron chi connectivity index (χ2n) is 4.93. The minimum Gasteiger partial charge on any atom is -0.457 e. The highest BCUT2D eigenvalue weighted by atomic mass is 127. The van der Waals surface area contributed by atoms with Gasteiger partial charge in [-0.1, -0.05) is 0 Å². The fourth-order valence-electron chi connectivity index (χ4n) is 2.40. The topological polar surface area (TPSA) is 29.5 Å². The summed E-state index contributed by atoms with van der Waals surface area (Å²) in [5.74, 6) is -3.77. The third-order valence-corrected chi connectivity index (χ3v) is 4.29. The van der Waals surface area contributed by atoms with Gasteiger partial charge in [0, 0.05) is 15.2 Å². The van der Waals surface area contributed by atoms with Crippen LogP contribution in [0.1, 0.15) is 22.8 Å². The maximum absolute atomic E-state index is 13.8. The van der Waals surface area contributed by atoms with Crippen LogP contribution < -0.4 is 4.74 Å². The van der Waals surface area contributed by atoms with Crippen LogP contribution in [-0.2, 0) is 5.92 Å². The second-order valence-corrected chi connectivity index (χ2v) is 6.09. The number of aliphatic hydroxyl groups excluding tert-OH is 1. The molecule has 0 spiro atoms. The van der Waals surface area contributed by atoms with Crippen molar-refractivity contribution in [3.05, 3.63) is 56.4 Å². The summed E-state index contributed by atoms with van der Waals surface area (Å²) in [6.45, 7) is 1.68. The predicted molar refractivity (Wildman–Crippen MR) is 79.2 cm³/mol.